The molecule has 0 rings (SSSR count). The van der Waals surface area contributed by atoms with Gasteiger partial charge in [0.15, 0.2) is 0 Å². The van der Waals surface area contributed by atoms with E-state index in [0.29, 0.717) is 0 Å². The number of carbonyl (C=O) groups is 1. The summed E-state index contributed by atoms with van der Waals surface area (Å²) in [5.74, 6) is -0.885. The average molecular weight is 280 g/mol. The van der Waals surface area contributed by atoms with Gasteiger partial charge in [0.05, 0.1) is 0 Å². The summed E-state index contributed by atoms with van der Waals surface area (Å²) in [6, 6.07) is 0. The van der Waals surface area contributed by atoms with Gasteiger partial charge in [0.25, 0.3) is 0 Å². The highest BCUT2D eigenvalue weighted by Gasteiger charge is 1.92. The molecule has 0 unspecified atom stereocenters. The zero-order valence-corrected chi connectivity index (χ0v) is 13.2. The molecule has 0 heterocycles. The van der Waals surface area contributed by atoms with Crippen LogP contribution in [0.4, 0.5) is 0 Å². The zero-order valence-electron chi connectivity index (χ0n) is 13.2. The Kier molecular flexibility index (Phi) is 15.2. The first kappa shape index (κ1) is 18.9. The fraction of sp³-hybridized carbons (Fsp3) is 0.722. The molecule has 0 saturated carbocycles. The van der Waals surface area contributed by atoms with Gasteiger partial charge in [-0.15, -0.1) is 0 Å². The second-order valence-electron chi connectivity index (χ2n) is 5.45. The first-order chi connectivity index (χ1) is 9.77. The lowest BCUT2D eigenvalue weighted by Gasteiger charge is -2.01. The molecule has 2 nitrogen and oxygen atoms in total. The van der Waals surface area contributed by atoms with Crippen LogP contribution in [0.15, 0.2) is 24.3 Å². The third kappa shape index (κ3) is 16.9. The van der Waals surface area contributed by atoms with Gasteiger partial charge >= 0.3 is 5.97 Å². The normalized spacial score (nSPS) is 11.7. The summed E-state index contributed by atoms with van der Waals surface area (Å²) < 4.78 is 0. The van der Waals surface area contributed by atoms with Crippen molar-refractivity contribution >= 4 is 5.97 Å². The summed E-state index contributed by atoms with van der Waals surface area (Å²) in [4.78, 5) is 10.2. The van der Waals surface area contributed by atoms with Gasteiger partial charge in [0.2, 0.25) is 0 Å². The predicted molar refractivity (Wildman–Crippen MR) is 87.0 cm³/mol. The molecule has 0 fully saturated rings. The van der Waals surface area contributed by atoms with Gasteiger partial charge in [-0.25, -0.2) is 4.79 Å². The van der Waals surface area contributed by atoms with Crippen LogP contribution in [-0.2, 0) is 4.79 Å². The van der Waals surface area contributed by atoms with E-state index >= 15 is 0 Å². The smallest absolute Gasteiger partial charge is 0.328 e. The predicted octanol–water partition coefficient (Wildman–Crippen LogP) is 5.88. The van der Waals surface area contributed by atoms with E-state index in [-0.39, 0.29) is 0 Å². The van der Waals surface area contributed by atoms with Crippen LogP contribution in [0.5, 0.6) is 0 Å². The number of unbranched alkanes of at least 4 members (excludes halogenated alkanes) is 11. The summed E-state index contributed by atoms with van der Waals surface area (Å²) in [7, 11) is 0. The van der Waals surface area contributed by atoms with Gasteiger partial charge in [-0.05, 0) is 12.8 Å². The van der Waals surface area contributed by atoms with Gasteiger partial charge in [0, 0.05) is 6.08 Å². The van der Waals surface area contributed by atoms with Crippen LogP contribution < -0.4 is 0 Å². The lowest BCUT2D eigenvalue weighted by atomic mass is 10.1. The van der Waals surface area contributed by atoms with E-state index in [9.17, 15) is 4.79 Å². The van der Waals surface area contributed by atoms with Gasteiger partial charge in [-0.3, -0.25) is 0 Å². The maximum atomic E-state index is 10.2. The van der Waals surface area contributed by atoms with E-state index in [0.717, 1.165) is 12.5 Å². The second-order valence-corrected chi connectivity index (χ2v) is 5.45. The molecule has 0 spiro atoms. The Morgan fingerprint density at radius 2 is 1.30 bits per heavy atom. The monoisotopic (exact) mass is 280 g/mol. The van der Waals surface area contributed by atoms with Crippen LogP contribution >= 0.6 is 0 Å². The number of aliphatic carboxylic acids is 1. The molecule has 0 saturated heterocycles. The highest BCUT2D eigenvalue weighted by atomic mass is 16.4. The van der Waals surface area contributed by atoms with Crippen LogP contribution in [0.25, 0.3) is 0 Å². The summed E-state index contributed by atoms with van der Waals surface area (Å²) in [5, 5.41) is 8.40. The fourth-order valence-electron chi connectivity index (χ4n) is 2.24. The topological polar surface area (TPSA) is 37.3 Å². The molecule has 20 heavy (non-hydrogen) atoms. The van der Waals surface area contributed by atoms with E-state index in [1.807, 2.05) is 12.2 Å². The Labute approximate surface area is 125 Å². The molecule has 0 aromatic heterocycles. The Hall–Kier alpha value is -1.05. The summed E-state index contributed by atoms with van der Waals surface area (Å²) in [5.41, 5.74) is 0. The van der Waals surface area contributed by atoms with Crippen LogP contribution in [0.1, 0.15) is 84.0 Å². The first-order valence-corrected chi connectivity index (χ1v) is 8.33. The minimum Gasteiger partial charge on any atom is -0.478 e. The molecule has 2 heteroatoms. The van der Waals surface area contributed by atoms with Crippen molar-refractivity contribution in [3.8, 4) is 0 Å². The quantitative estimate of drug-likeness (QED) is 0.245. The maximum absolute atomic E-state index is 10.2. The molecule has 0 aromatic rings. The second kappa shape index (κ2) is 16.0. The van der Waals surface area contributed by atoms with Crippen molar-refractivity contribution in [2.24, 2.45) is 0 Å². The number of allylic oxidation sites excluding steroid dienone is 3. The number of rotatable bonds is 14. The molecule has 0 aliphatic rings. The number of carboxylic acid groups (broad SMARTS) is 1. The van der Waals surface area contributed by atoms with Gasteiger partial charge < -0.3 is 5.11 Å². The fourth-order valence-corrected chi connectivity index (χ4v) is 2.24. The molecule has 0 amide bonds. The van der Waals surface area contributed by atoms with Gasteiger partial charge in [-0.1, -0.05) is 89.4 Å². The van der Waals surface area contributed by atoms with Crippen LogP contribution in [-0.4, -0.2) is 11.1 Å². The molecule has 0 atom stereocenters. The number of hydrogen-bond acceptors (Lipinski definition) is 1. The number of carboxylic acids is 1. The average Bonchev–Trinajstić information content (AvgIpc) is 2.43. The lowest BCUT2D eigenvalue weighted by molar-refractivity contribution is -0.131. The van der Waals surface area contributed by atoms with E-state index in [1.54, 1.807) is 6.08 Å². The minimum atomic E-state index is -0.885. The molecule has 0 aromatic carbocycles. The SMILES string of the molecule is CCCCCCCCCCCCC/C=C\C=C\C(=O)O. The van der Waals surface area contributed by atoms with Crippen molar-refractivity contribution < 1.29 is 9.90 Å². The summed E-state index contributed by atoms with van der Waals surface area (Å²) >= 11 is 0. The Balaban J connectivity index is 3.11. The third-order valence-corrected chi connectivity index (χ3v) is 3.46. The molecule has 0 aliphatic heterocycles. The molecule has 1 N–H and O–H groups in total. The zero-order chi connectivity index (χ0) is 14.9. The van der Waals surface area contributed by atoms with Crippen LogP contribution in [0, 0.1) is 0 Å². The molecule has 116 valence electrons. The standard InChI is InChI=1S/C18H32O2/c1-2-3-4-5-6-7-8-9-10-11-12-13-14-15-16-17-18(19)20/h14-17H,2-13H2,1H3,(H,19,20)/b15-14-,17-16+. The summed E-state index contributed by atoms with van der Waals surface area (Å²) in [6.45, 7) is 2.26. The van der Waals surface area contributed by atoms with Gasteiger partial charge in [0.1, 0.15) is 0 Å². The minimum absolute atomic E-state index is 0.885. The molecule has 0 aliphatic carbocycles. The highest BCUT2D eigenvalue weighted by molar-refractivity contribution is 5.80. The van der Waals surface area contributed by atoms with Crippen molar-refractivity contribution in [3.05, 3.63) is 24.3 Å². The van der Waals surface area contributed by atoms with Crippen molar-refractivity contribution in [3.63, 3.8) is 0 Å². The van der Waals surface area contributed by atoms with E-state index < -0.39 is 5.97 Å². The molecular weight excluding hydrogens is 248 g/mol. The molecular formula is C18H32O2. The Morgan fingerprint density at radius 1 is 0.800 bits per heavy atom. The Morgan fingerprint density at radius 3 is 1.80 bits per heavy atom. The van der Waals surface area contributed by atoms with E-state index in [2.05, 4.69) is 6.92 Å². The largest absolute Gasteiger partial charge is 0.478 e. The van der Waals surface area contributed by atoms with Crippen molar-refractivity contribution in [1.82, 2.24) is 0 Å². The number of hydrogen-bond donors (Lipinski definition) is 1. The first-order valence-electron chi connectivity index (χ1n) is 8.33. The van der Waals surface area contributed by atoms with Crippen molar-refractivity contribution in [2.75, 3.05) is 0 Å². The third-order valence-electron chi connectivity index (χ3n) is 3.46. The maximum Gasteiger partial charge on any atom is 0.328 e. The van der Waals surface area contributed by atoms with Crippen molar-refractivity contribution in [1.29, 1.82) is 0 Å². The lowest BCUT2D eigenvalue weighted by Crippen LogP contribution is -1.84. The van der Waals surface area contributed by atoms with Crippen LogP contribution in [0.3, 0.4) is 0 Å². The van der Waals surface area contributed by atoms with E-state index in [4.69, 9.17) is 5.11 Å². The van der Waals surface area contributed by atoms with E-state index in [1.165, 1.54) is 70.6 Å². The Bertz CT molecular complexity index is 267. The van der Waals surface area contributed by atoms with Crippen molar-refractivity contribution in [2.45, 2.75) is 84.0 Å². The summed E-state index contributed by atoms with van der Waals surface area (Å²) in [6.07, 6.45) is 22.7. The molecule has 0 bridgehead atoms. The van der Waals surface area contributed by atoms with Gasteiger partial charge in [-0.2, -0.15) is 0 Å². The van der Waals surface area contributed by atoms with Crippen LogP contribution in [0.2, 0.25) is 0 Å². The highest BCUT2D eigenvalue weighted by Crippen LogP contribution is 2.11. The molecule has 0 radical (unpaired) electrons.